The number of aromatic nitrogens is 2. The molecule has 1 aliphatic rings. The van der Waals surface area contributed by atoms with Crippen molar-refractivity contribution in [2.75, 3.05) is 11.9 Å². The lowest BCUT2D eigenvalue weighted by atomic mass is 10.1. The zero-order valence-corrected chi connectivity index (χ0v) is 14.0. The zero-order chi connectivity index (χ0) is 18.9. The minimum absolute atomic E-state index is 0.0450. The van der Waals surface area contributed by atoms with Gasteiger partial charge in [-0.2, -0.15) is 4.98 Å². The predicted octanol–water partition coefficient (Wildman–Crippen LogP) is 0.651. The summed E-state index contributed by atoms with van der Waals surface area (Å²) in [7, 11) is 0. The highest BCUT2D eigenvalue weighted by molar-refractivity contribution is 6.23. The molecule has 10 heteroatoms. The molecule has 1 aliphatic heterocycles. The zero-order valence-electron chi connectivity index (χ0n) is 13.3. The summed E-state index contributed by atoms with van der Waals surface area (Å²) in [5.41, 5.74) is -0.579. The van der Waals surface area contributed by atoms with Crippen molar-refractivity contribution < 1.29 is 24.1 Å². The van der Waals surface area contributed by atoms with E-state index in [-0.39, 0.29) is 5.82 Å². The number of hydrogen-bond donors (Lipinski definition) is 3. The normalized spacial score (nSPS) is 28.1. The molecule has 2 aromatic rings. The molecule has 0 saturated carbocycles. The number of aliphatic hydroxyl groups excluding tert-OH is 2. The lowest BCUT2D eigenvalue weighted by Gasteiger charge is -2.22. The highest BCUT2D eigenvalue weighted by Gasteiger charge is 2.57. The second-order valence-corrected chi connectivity index (χ2v) is 6.23. The number of rotatable bonds is 4. The van der Waals surface area contributed by atoms with Crippen molar-refractivity contribution in [1.29, 1.82) is 0 Å². The number of alkyl halides is 2. The van der Waals surface area contributed by atoms with Gasteiger partial charge in [0, 0.05) is 11.8 Å². The molecular formula is C16H15ClFN3O5. The molecule has 0 spiro atoms. The number of nitrogens with one attached hydrogen (secondary N) is 1. The predicted molar refractivity (Wildman–Crippen MR) is 89.6 cm³/mol. The van der Waals surface area contributed by atoms with Gasteiger partial charge in [-0.05, 0) is 18.2 Å². The van der Waals surface area contributed by atoms with E-state index in [1.807, 2.05) is 0 Å². The quantitative estimate of drug-likeness (QED) is 0.668. The molecule has 4 unspecified atom stereocenters. The van der Waals surface area contributed by atoms with Crippen molar-refractivity contribution >= 4 is 23.3 Å². The smallest absolute Gasteiger partial charge is 0.351 e. The van der Waals surface area contributed by atoms with Crippen LogP contribution < -0.4 is 11.0 Å². The number of nitrogens with zero attached hydrogens (tertiary/aromatic N) is 2. The van der Waals surface area contributed by atoms with Gasteiger partial charge in [0.05, 0.1) is 6.61 Å². The maximum atomic E-state index is 14.5. The van der Waals surface area contributed by atoms with Gasteiger partial charge in [0.15, 0.2) is 6.23 Å². The van der Waals surface area contributed by atoms with E-state index in [0.29, 0.717) is 5.56 Å². The molecular weight excluding hydrogens is 369 g/mol. The first-order valence-electron chi connectivity index (χ1n) is 7.62. The van der Waals surface area contributed by atoms with E-state index >= 15 is 0 Å². The van der Waals surface area contributed by atoms with Crippen molar-refractivity contribution in [2.45, 2.75) is 23.6 Å². The minimum atomic E-state index is -2.83. The third kappa shape index (κ3) is 3.34. The summed E-state index contributed by atoms with van der Waals surface area (Å²) >= 11 is 5.66. The average Bonchev–Trinajstić information content (AvgIpc) is 2.85. The van der Waals surface area contributed by atoms with Crippen LogP contribution in [-0.4, -0.2) is 49.6 Å². The van der Waals surface area contributed by atoms with E-state index in [4.69, 9.17) is 21.4 Å². The standard InChI is InChI=1S/C16H15ClFN3O5/c17-16(18)12(23)10(8-22)26-14(16)21-7-6-11(20-15(21)25)19-13(24)9-4-2-1-3-5-9/h1-7,10,12,14,22-23H,8H2,(H,19,20,24,25). The number of halogens is 2. The summed E-state index contributed by atoms with van der Waals surface area (Å²) < 4.78 is 20.4. The first-order valence-corrected chi connectivity index (χ1v) is 8.00. The molecule has 8 nitrogen and oxygen atoms in total. The van der Waals surface area contributed by atoms with Gasteiger partial charge in [0.1, 0.15) is 18.0 Å². The Labute approximate surface area is 151 Å². The van der Waals surface area contributed by atoms with Gasteiger partial charge in [0.2, 0.25) is 0 Å². The highest BCUT2D eigenvalue weighted by Crippen LogP contribution is 2.43. The largest absolute Gasteiger partial charge is 0.394 e. The van der Waals surface area contributed by atoms with Crippen molar-refractivity contribution in [3.63, 3.8) is 0 Å². The van der Waals surface area contributed by atoms with Gasteiger partial charge < -0.3 is 20.3 Å². The number of ether oxygens (including phenoxy) is 1. The fraction of sp³-hybridized carbons (Fsp3) is 0.312. The number of carbonyl (C=O) groups is 1. The Morgan fingerprint density at radius 1 is 1.38 bits per heavy atom. The second kappa shape index (κ2) is 7.12. The number of amides is 1. The number of hydrogen-bond acceptors (Lipinski definition) is 6. The van der Waals surface area contributed by atoms with E-state index in [9.17, 15) is 19.1 Å². The Hall–Kier alpha value is -2.33. The van der Waals surface area contributed by atoms with Crippen molar-refractivity contribution in [2.24, 2.45) is 0 Å². The number of benzene rings is 1. The Morgan fingerprint density at radius 2 is 2.08 bits per heavy atom. The van der Waals surface area contributed by atoms with Gasteiger partial charge in [-0.3, -0.25) is 9.36 Å². The first kappa shape index (κ1) is 18.5. The Kier molecular flexibility index (Phi) is 5.05. The topological polar surface area (TPSA) is 114 Å². The van der Waals surface area contributed by atoms with Crippen molar-refractivity contribution in [3.05, 3.63) is 58.6 Å². The molecule has 1 amide bonds. The lowest BCUT2D eigenvalue weighted by molar-refractivity contribution is -0.0517. The minimum Gasteiger partial charge on any atom is -0.394 e. The third-order valence-electron chi connectivity index (χ3n) is 3.92. The van der Waals surface area contributed by atoms with Crippen LogP contribution in [-0.2, 0) is 4.74 Å². The van der Waals surface area contributed by atoms with Crippen LogP contribution >= 0.6 is 11.6 Å². The van der Waals surface area contributed by atoms with E-state index in [0.717, 1.165) is 10.8 Å². The van der Waals surface area contributed by atoms with Crippen LogP contribution in [0.15, 0.2) is 47.4 Å². The highest BCUT2D eigenvalue weighted by atomic mass is 35.5. The van der Waals surface area contributed by atoms with Gasteiger partial charge in [-0.15, -0.1) is 0 Å². The van der Waals surface area contributed by atoms with Crippen LogP contribution in [0.2, 0.25) is 0 Å². The van der Waals surface area contributed by atoms with Crippen LogP contribution in [0.3, 0.4) is 0 Å². The molecule has 1 aromatic carbocycles. The Morgan fingerprint density at radius 3 is 2.65 bits per heavy atom. The van der Waals surface area contributed by atoms with Crippen LogP contribution in [0.4, 0.5) is 10.2 Å². The van der Waals surface area contributed by atoms with Crippen molar-refractivity contribution in [3.8, 4) is 0 Å². The number of anilines is 1. The molecule has 1 aromatic heterocycles. The first-order chi connectivity index (χ1) is 12.3. The Bertz CT molecular complexity index is 860. The molecule has 26 heavy (non-hydrogen) atoms. The molecule has 0 radical (unpaired) electrons. The SMILES string of the molecule is O=C(Nc1ccn(C2OC(CO)C(O)C2(F)Cl)c(=O)n1)c1ccccc1. The lowest BCUT2D eigenvalue weighted by Crippen LogP contribution is -2.41. The summed E-state index contributed by atoms with van der Waals surface area (Å²) in [5, 5.41) is 18.5. The number of carbonyl (C=O) groups excluding carboxylic acids is 1. The van der Waals surface area contributed by atoms with Gasteiger partial charge in [-0.25, -0.2) is 9.18 Å². The summed E-state index contributed by atoms with van der Waals surface area (Å²) in [6, 6.07) is 9.55. The van der Waals surface area contributed by atoms with Gasteiger partial charge >= 0.3 is 5.69 Å². The summed E-state index contributed by atoms with van der Waals surface area (Å²) in [6.45, 7) is -0.677. The molecule has 0 bridgehead atoms. The maximum Gasteiger partial charge on any atom is 0.351 e. The van der Waals surface area contributed by atoms with E-state index in [1.165, 1.54) is 6.07 Å². The van der Waals surface area contributed by atoms with Crippen LogP contribution in [0.1, 0.15) is 16.6 Å². The van der Waals surface area contributed by atoms with Gasteiger partial charge in [0.25, 0.3) is 11.0 Å². The molecule has 2 heterocycles. The summed E-state index contributed by atoms with van der Waals surface area (Å²) in [6.07, 6.45) is -3.67. The Balaban J connectivity index is 1.82. The molecule has 1 saturated heterocycles. The fourth-order valence-corrected chi connectivity index (χ4v) is 2.85. The molecule has 4 atom stereocenters. The second-order valence-electron chi connectivity index (χ2n) is 5.65. The monoisotopic (exact) mass is 383 g/mol. The maximum absolute atomic E-state index is 14.5. The molecule has 0 aliphatic carbocycles. The van der Waals surface area contributed by atoms with E-state index < -0.39 is 41.8 Å². The summed E-state index contributed by atoms with van der Waals surface area (Å²) in [5.74, 6) is -0.517. The third-order valence-corrected chi connectivity index (χ3v) is 4.33. The molecule has 3 N–H and O–H groups in total. The average molecular weight is 384 g/mol. The fourth-order valence-electron chi connectivity index (χ4n) is 2.56. The molecule has 1 fully saturated rings. The van der Waals surface area contributed by atoms with Crippen LogP contribution in [0.5, 0.6) is 0 Å². The van der Waals surface area contributed by atoms with Crippen LogP contribution in [0.25, 0.3) is 0 Å². The van der Waals surface area contributed by atoms with Crippen LogP contribution in [0, 0.1) is 0 Å². The van der Waals surface area contributed by atoms with E-state index in [2.05, 4.69) is 10.3 Å². The summed E-state index contributed by atoms with van der Waals surface area (Å²) in [4.78, 5) is 27.9. The van der Waals surface area contributed by atoms with E-state index in [1.54, 1.807) is 30.3 Å². The van der Waals surface area contributed by atoms with Crippen molar-refractivity contribution in [1.82, 2.24) is 9.55 Å². The number of aliphatic hydroxyl groups is 2. The molecule has 3 rings (SSSR count). The van der Waals surface area contributed by atoms with Gasteiger partial charge in [-0.1, -0.05) is 29.8 Å². The molecule has 138 valence electrons.